The summed E-state index contributed by atoms with van der Waals surface area (Å²) in [5.41, 5.74) is 4.02. The molecule has 3 rings (SSSR count). The molecule has 0 fully saturated rings. The van der Waals surface area contributed by atoms with Crippen molar-refractivity contribution < 1.29 is 4.74 Å². The number of allylic oxidation sites excluding steroid dienone is 2. The Hall–Kier alpha value is -3.01. The number of unbranched alkanes of at least 4 members (excludes halogenated alkanes) is 1. The molecular formula is C23H26N2O2. The van der Waals surface area contributed by atoms with E-state index < -0.39 is 0 Å². The van der Waals surface area contributed by atoms with Crippen molar-refractivity contribution in [1.82, 2.24) is 9.13 Å². The molecule has 0 saturated carbocycles. The molecule has 0 spiro atoms. The van der Waals surface area contributed by atoms with Crippen LogP contribution in [0, 0.1) is 0 Å². The van der Waals surface area contributed by atoms with E-state index in [1.165, 1.54) is 0 Å². The summed E-state index contributed by atoms with van der Waals surface area (Å²) < 4.78 is 9.34. The molecule has 0 N–H and O–H groups in total. The number of nitrogens with zero attached hydrogens (tertiary/aromatic N) is 2. The third-order valence-electron chi connectivity index (χ3n) is 4.69. The van der Waals surface area contributed by atoms with Gasteiger partial charge in [0, 0.05) is 13.6 Å². The molecule has 0 aliphatic carbocycles. The second-order valence-electron chi connectivity index (χ2n) is 6.58. The minimum absolute atomic E-state index is 0.00306. The normalized spacial score (nSPS) is 10.9. The summed E-state index contributed by atoms with van der Waals surface area (Å²) in [6, 6.07) is 14.2. The van der Waals surface area contributed by atoms with Gasteiger partial charge in [0.25, 0.3) is 0 Å². The lowest BCUT2D eigenvalue weighted by Gasteiger charge is -2.08. The second kappa shape index (κ2) is 8.58. The fraction of sp³-hybridized carbons (Fsp3) is 0.261. The Labute approximate surface area is 160 Å². The summed E-state index contributed by atoms with van der Waals surface area (Å²) in [5, 5.41) is 0. The highest BCUT2D eigenvalue weighted by molar-refractivity contribution is 5.83. The molecule has 1 heterocycles. The average Bonchev–Trinajstić information content (AvgIpc) is 2.94. The SMILES string of the molecule is C=CCCCOc1cccc(-c2ccc3c(c2)n(C)c(=O)n3CCC=C)c1. The van der Waals surface area contributed by atoms with Crippen LogP contribution in [0.2, 0.25) is 0 Å². The summed E-state index contributed by atoms with van der Waals surface area (Å²) in [6.07, 6.45) is 6.42. The van der Waals surface area contributed by atoms with Crippen molar-refractivity contribution in [2.75, 3.05) is 6.61 Å². The zero-order valence-electron chi connectivity index (χ0n) is 15.9. The van der Waals surface area contributed by atoms with Gasteiger partial charge in [-0.3, -0.25) is 9.13 Å². The fourth-order valence-corrected chi connectivity index (χ4v) is 3.21. The first kappa shape index (κ1) is 18.8. The van der Waals surface area contributed by atoms with Crippen LogP contribution in [0.15, 0.2) is 72.6 Å². The van der Waals surface area contributed by atoms with Crippen LogP contribution in [0.5, 0.6) is 5.75 Å². The molecule has 4 heteroatoms. The molecular weight excluding hydrogens is 336 g/mol. The molecule has 1 aromatic heterocycles. The van der Waals surface area contributed by atoms with E-state index in [-0.39, 0.29) is 5.69 Å². The topological polar surface area (TPSA) is 36.2 Å². The van der Waals surface area contributed by atoms with Crippen molar-refractivity contribution in [3.63, 3.8) is 0 Å². The molecule has 0 unspecified atom stereocenters. The molecule has 0 radical (unpaired) electrons. The Morgan fingerprint density at radius 2 is 1.78 bits per heavy atom. The second-order valence-corrected chi connectivity index (χ2v) is 6.58. The number of imidazole rings is 1. The molecule has 27 heavy (non-hydrogen) atoms. The molecule has 0 saturated heterocycles. The zero-order chi connectivity index (χ0) is 19.2. The van der Waals surface area contributed by atoms with Gasteiger partial charge in [-0.1, -0.05) is 30.4 Å². The van der Waals surface area contributed by atoms with Crippen LogP contribution in [-0.4, -0.2) is 15.7 Å². The van der Waals surface area contributed by atoms with E-state index in [2.05, 4.69) is 31.4 Å². The highest BCUT2D eigenvalue weighted by Gasteiger charge is 2.11. The van der Waals surface area contributed by atoms with Gasteiger partial charge >= 0.3 is 5.69 Å². The first-order valence-electron chi connectivity index (χ1n) is 9.30. The van der Waals surface area contributed by atoms with Crippen LogP contribution in [0.25, 0.3) is 22.2 Å². The van der Waals surface area contributed by atoms with Crippen LogP contribution in [0.1, 0.15) is 19.3 Å². The van der Waals surface area contributed by atoms with Crippen LogP contribution in [-0.2, 0) is 13.6 Å². The molecule has 4 nitrogen and oxygen atoms in total. The molecule has 140 valence electrons. The molecule has 2 aromatic carbocycles. The predicted octanol–water partition coefficient (Wildman–Crippen LogP) is 4.93. The number of ether oxygens (including phenoxy) is 1. The Morgan fingerprint density at radius 3 is 2.56 bits per heavy atom. The van der Waals surface area contributed by atoms with Crippen LogP contribution >= 0.6 is 0 Å². The lowest BCUT2D eigenvalue weighted by atomic mass is 10.0. The number of aryl methyl sites for hydroxylation is 2. The van der Waals surface area contributed by atoms with E-state index in [9.17, 15) is 4.79 Å². The van der Waals surface area contributed by atoms with Crippen molar-refractivity contribution in [2.45, 2.75) is 25.8 Å². The molecule has 0 amide bonds. The zero-order valence-corrected chi connectivity index (χ0v) is 15.9. The number of fused-ring (bicyclic) bond motifs is 1. The number of hydrogen-bond donors (Lipinski definition) is 0. The van der Waals surface area contributed by atoms with Gasteiger partial charge in [-0.25, -0.2) is 4.79 Å². The van der Waals surface area contributed by atoms with Gasteiger partial charge in [-0.15, -0.1) is 13.2 Å². The van der Waals surface area contributed by atoms with E-state index in [0.29, 0.717) is 13.2 Å². The maximum absolute atomic E-state index is 12.5. The highest BCUT2D eigenvalue weighted by atomic mass is 16.5. The predicted molar refractivity (Wildman–Crippen MR) is 112 cm³/mol. The Bertz CT molecular complexity index is 1010. The lowest BCUT2D eigenvalue weighted by Crippen LogP contribution is -2.22. The van der Waals surface area contributed by atoms with Gasteiger partial charge in [-0.05, 0) is 54.7 Å². The maximum Gasteiger partial charge on any atom is 0.328 e. The highest BCUT2D eigenvalue weighted by Crippen LogP contribution is 2.27. The third kappa shape index (κ3) is 4.05. The van der Waals surface area contributed by atoms with E-state index in [4.69, 9.17) is 4.74 Å². The smallest absolute Gasteiger partial charge is 0.328 e. The summed E-state index contributed by atoms with van der Waals surface area (Å²) >= 11 is 0. The monoisotopic (exact) mass is 362 g/mol. The van der Waals surface area contributed by atoms with Gasteiger partial charge < -0.3 is 4.74 Å². The number of rotatable bonds is 9. The van der Waals surface area contributed by atoms with Crippen molar-refractivity contribution >= 4 is 11.0 Å². The Kier molecular flexibility index (Phi) is 5.97. The third-order valence-corrected chi connectivity index (χ3v) is 4.69. The van der Waals surface area contributed by atoms with Gasteiger partial charge in [0.05, 0.1) is 17.6 Å². The molecule has 0 bridgehead atoms. The molecule has 3 aromatic rings. The van der Waals surface area contributed by atoms with Gasteiger partial charge in [-0.2, -0.15) is 0 Å². The van der Waals surface area contributed by atoms with Crippen molar-refractivity contribution in [3.8, 4) is 16.9 Å². The standard InChI is InChI=1S/C23H26N2O2/c1-4-6-8-15-27-20-11-9-10-18(16-20)19-12-13-21-22(17-19)24(3)23(26)25(21)14-7-5-2/h4-5,9-13,16-17H,1-2,6-8,14-15H2,3H3. The van der Waals surface area contributed by atoms with E-state index in [0.717, 1.165) is 47.2 Å². The fourth-order valence-electron chi connectivity index (χ4n) is 3.21. The lowest BCUT2D eigenvalue weighted by molar-refractivity contribution is 0.312. The van der Waals surface area contributed by atoms with Gasteiger partial charge in [0.15, 0.2) is 0 Å². The maximum atomic E-state index is 12.5. The van der Waals surface area contributed by atoms with Gasteiger partial charge in [0.1, 0.15) is 5.75 Å². The van der Waals surface area contributed by atoms with Crippen LogP contribution < -0.4 is 10.4 Å². The molecule has 0 aliphatic rings. The van der Waals surface area contributed by atoms with Crippen molar-refractivity contribution in [3.05, 3.63) is 78.3 Å². The summed E-state index contributed by atoms with van der Waals surface area (Å²) in [7, 11) is 1.82. The minimum atomic E-state index is 0.00306. The van der Waals surface area contributed by atoms with Crippen LogP contribution in [0.3, 0.4) is 0 Å². The average molecular weight is 362 g/mol. The number of hydrogen-bond acceptors (Lipinski definition) is 2. The first-order chi connectivity index (χ1) is 13.2. The van der Waals surface area contributed by atoms with Gasteiger partial charge in [0.2, 0.25) is 0 Å². The molecule has 0 aliphatic heterocycles. The van der Waals surface area contributed by atoms with Crippen LogP contribution in [0.4, 0.5) is 0 Å². The summed E-state index contributed by atoms with van der Waals surface area (Å²) in [6.45, 7) is 8.80. The summed E-state index contributed by atoms with van der Waals surface area (Å²) in [5.74, 6) is 0.856. The van der Waals surface area contributed by atoms with Crippen molar-refractivity contribution in [2.24, 2.45) is 7.05 Å². The number of benzene rings is 2. The van der Waals surface area contributed by atoms with E-state index in [1.54, 1.807) is 9.13 Å². The Morgan fingerprint density at radius 1 is 1.00 bits per heavy atom. The minimum Gasteiger partial charge on any atom is -0.494 e. The van der Waals surface area contributed by atoms with Crippen molar-refractivity contribution in [1.29, 1.82) is 0 Å². The number of aromatic nitrogens is 2. The largest absolute Gasteiger partial charge is 0.494 e. The summed E-state index contributed by atoms with van der Waals surface area (Å²) in [4.78, 5) is 12.5. The van der Waals surface area contributed by atoms with E-state index in [1.807, 2.05) is 43.5 Å². The van der Waals surface area contributed by atoms with E-state index >= 15 is 0 Å². The first-order valence-corrected chi connectivity index (χ1v) is 9.30. The quantitative estimate of drug-likeness (QED) is 0.400. The Balaban J connectivity index is 1.91. The molecule has 0 atom stereocenters.